The molecule has 1 aliphatic heterocycles. The first-order chi connectivity index (χ1) is 13.4. The van der Waals surface area contributed by atoms with E-state index in [1.165, 1.54) is 0 Å². The predicted octanol–water partition coefficient (Wildman–Crippen LogP) is 4.08. The second-order valence-corrected chi connectivity index (χ2v) is 6.82. The van der Waals surface area contributed by atoms with Crippen molar-refractivity contribution < 1.29 is 50.1 Å². The molecule has 3 rings (SSSR count). The molecule has 1 aromatic rings. The van der Waals surface area contributed by atoms with Crippen LogP contribution >= 0.6 is 0 Å². The quantitative estimate of drug-likeness (QED) is 0.719. The highest BCUT2D eigenvalue weighted by Crippen LogP contribution is 2.49. The number of ether oxygens (including phenoxy) is 2. The number of ketones is 1. The summed E-state index contributed by atoms with van der Waals surface area (Å²) in [6.45, 7) is -3.05. The Labute approximate surface area is 159 Å². The van der Waals surface area contributed by atoms with Crippen molar-refractivity contribution in [3.05, 3.63) is 41.2 Å². The van der Waals surface area contributed by atoms with Crippen LogP contribution in [-0.2, 0) is 15.5 Å². The highest BCUT2D eigenvalue weighted by Gasteiger charge is 2.59. The third-order valence-electron chi connectivity index (χ3n) is 4.84. The molecule has 0 fully saturated rings. The number of hydrogen-bond donors (Lipinski definition) is 1. The summed E-state index contributed by atoms with van der Waals surface area (Å²) in [4.78, 5) is 11.4. The van der Waals surface area contributed by atoms with Crippen LogP contribution in [0.3, 0.4) is 0 Å². The van der Waals surface area contributed by atoms with Gasteiger partial charge in [-0.3, -0.25) is 4.79 Å². The number of aliphatic hydroxyl groups is 1. The van der Waals surface area contributed by atoms with Gasteiger partial charge in [-0.05, 0) is 18.2 Å². The van der Waals surface area contributed by atoms with Crippen LogP contribution in [0.25, 0.3) is 0 Å². The summed E-state index contributed by atoms with van der Waals surface area (Å²) in [7, 11) is 0. The summed E-state index contributed by atoms with van der Waals surface area (Å²) >= 11 is 0. The van der Waals surface area contributed by atoms with Crippen LogP contribution < -0.4 is 4.74 Å². The summed E-state index contributed by atoms with van der Waals surface area (Å²) in [5.74, 6) is -5.97. The molecule has 29 heavy (non-hydrogen) atoms. The Balaban J connectivity index is 2.10. The zero-order valence-corrected chi connectivity index (χ0v) is 14.6. The SMILES string of the molecule is O=C1C=C(O[C@@H]2c3cc(C(F)(F)C(F)(F)F)ccc3OC(CF)(CF)[C@H]2O)CC1. The predicted molar refractivity (Wildman–Crippen MR) is 83.9 cm³/mol. The van der Waals surface area contributed by atoms with Crippen LogP contribution in [0.2, 0.25) is 0 Å². The van der Waals surface area contributed by atoms with E-state index in [1.54, 1.807) is 0 Å². The normalized spacial score (nSPS) is 24.0. The van der Waals surface area contributed by atoms with Crippen molar-refractivity contribution in [3.63, 3.8) is 0 Å². The maximum atomic E-state index is 13.8. The maximum absolute atomic E-state index is 13.8. The van der Waals surface area contributed by atoms with Gasteiger partial charge in [-0.25, -0.2) is 8.78 Å². The van der Waals surface area contributed by atoms with Crippen molar-refractivity contribution in [3.8, 4) is 5.75 Å². The molecule has 0 aromatic heterocycles. The van der Waals surface area contributed by atoms with Gasteiger partial charge in [0.1, 0.15) is 31.0 Å². The minimum atomic E-state index is -5.90. The molecule has 0 saturated carbocycles. The Kier molecular flexibility index (Phi) is 5.31. The average Bonchev–Trinajstić information content (AvgIpc) is 3.07. The molecule has 1 heterocycles. The summed E-state index contributed by atoms with van der Waals surface area (Å²) in [6, 6.07) is 1.54. The van der Waals surface area contributed by atoms with Gasteiger partial charge in [-0.15, -0.1) is 0 Å². The van der Waals surface area contributed by atoms with Crippen LogP contribution in [0.1, 0.15) is 30.1 Å². The third-order valence-corrected chi connectivity index (χ3v) is 4.84. The molecule has 4 nitrogen and oxygen atoms in total. The fraction of sp³-hybridized carbons (Fsp3) is 0.500. The highest BCUT2D eigenvalue weighted by atomic mass is 19.4. The Hall–Kier alpha value is -2.30. The van der Waals surface area contributed by atoms with E-state index < -0.39 is 60.1 Å². The van der Waals surface area contributed by atoms with Crippen LogP contribution in [0.15, 0.2) is 30.0 Å². The van der Waals surface area contributed by atoms with Gasteiger partial charge in [0.15, 0.2) is 17.5 Å². The molecular formula is C18H15F7O4. The van der Waals surface area contributed by atoms with Gasteiger partial charge in [-0.2, -0.15) is 22.0 Å². The first kappa shape index (κ1) is 21.4. The molecule has 0 radical (unpaired) electrons. The molecule has 0 bridgehead atoms. The monoisotopic (exact) mass is 428 g/mol. The molecule has 1 aromatic carbocycles. The number of hydrogen-bond acceptors (Lipinski definition) is 4. The van der Waals surface area contributed by atoms with E-state index in [0.717, 1.165) is 6.08 Å². The molecule has 160 valence electrons. The number of benzene rings is 1. The standard InChI is InChI=1S/C18H15F7O4/c19-7-16(8-20)15(27)14(28-11-3-2-10(26)6-11)12-5-9(1-4-13(12)29-16)17(21,22)18(23,24)25/h1,4-6,14-15,27H,2-3,7-8H2/t14-,15+/m1/s1. The van der Waals surface area contributed by atoms with Crippen molar-refractivity contribution in [1.82, 2.24) is 0 Å². The Bertz CT molecular complexity index is 830. The Morgan fingerprint density at radius 3 is 2.31 bits per heavy atom. The number of aliphatic hydroxyl groups excluding tert-OH is 1. The number of halogens is 7. The van der Waals surface area contributed by atoms with Crippen LogP contribution in [0.4, 0.5) is 30.7 Å². The van der Waals surface area contributed by atoms with Gasteiger partial charge >= 0.3 is 12.1 Å². The van der Waals surface area contributed by atoms with Gasteiger partial charge in [0.2, 0.25) is 0 Å². The van der Waals surface area contributed by atoms with Crippen molar-refractivity contribution in [1.29, 1.82) is 0 Å². The zero-order valence-electron chi connectivity index (χ0n) is 14.6. The summed E-state index contributed by atoms with van der Waals surface area (Å²) in [5.41, 5.74) is -4.34. The van der Waals surface area contributed by atoms with E-state index in [4.69, 9.17) is 9.47 Å². The molecule has 0 amide bonds. The van der Waals surface area contributed by atoms with Crippen molar-refractivity contribution in [2.45, 2.75) is 42.7 Å². The van der Waals surface area contributed by atoms with E-state index >= 15 is 0 Å². The average molecular weight is 428 g/mol. The second-order valence-electron chi connectivity index (χ2n) is 6.82. The van der Waals surface area contributed by atoms with Crippen LogP contribution in [-0.4, -0.2) is 42.1 Å². The van der Waals surface area contributed by atoms with Crippen molar-refractivity contribution in [2.24, 2.45) is 0 Å². The largest absolute Gasteiger partial charge is 0.487 e. The smallest absolute Gasteiger partial charge is 0.458 e. The fourth-order valence-corrected chi connectivity index (χ4v) is 3.15. The number of fused-ring (bicyclic) bond motifs is 1. The first-order valence-electron chi connectivity index (χ1n) is 8.43. The highest BCUT2D eigenvalue weighted by molar-refractivity contribution is 5.92. The minimum Gasteiger partial charge on any atom is -0.487 e. The molecular weight excluding hydrogens is 413 g/mol. The number of allylic oxidation sites excluding steroid dienone is 2. The van der Waals surface area contributed by atoms with Crippen LogP contribution in [0, 0.1) is 0 Å². The minimum absolute atomic E-state index is 0.00602. The number of carbonyl (C=O) groups excluding carboxylic acids is 1. The van der Waals surface area contributed by atoms with Gasteiger partial charge in [0.25, 0.3) is 0 Å². The van der Waals surface area contributed by atoms with E-state index in [9.17, 15) is 40.6 Å². The van der Waals surface area contributed by atoms with E-state index in [1.807, 2.05) is 0 Å². The molecule has 2 atom stereocenters. The van der Waals surface area contributed by atoms with Crippen LogP contribution in [0.5, 0.6) is 5.75 Å². The molecule has 0 saturated heterocycles. The fourth-order valence-electron chi connectivity index (χ4n) is 3.15. The number of alkyl halides is 7. The molecule has 0 unspecified atom stereocenters. The number of rotatable bonds is 5. The van der Waals surface area contributed by atoms with E-state index in [-0.39, 0.29) is 24.4 Å². The summed E-state index contributed by atoms with van der Waals surface area (Å²) in [5, 5.41) is 10.5. The Morgan fingerprint density at radius 1 is 1.14 bits per heavy atom. The van der Waals surface area contributed by atoms with E-state index in [2.05, 4.69) is 0 Å². The molecule has 2 aliphatic rings. The van der Waals surface area contributed by atoms with Gasteiger partial charge in [0.05, 0.1) is 0 Å². The lowest BCUT2D eigenvalue weighted by Gasteiger charge is -2.43. The second kappa shape index (κ2) is 7.19. The molecule has 11 heteroatoms. The lowest BCUT2D eigenvalue weighted by molar-refractivity contribution is -0.289. The number of carbonyl (C=O) groups is 1. The molecule has 1 aliphatic carbocycles. The van der Waals surface area contributed by atoms with E-state index in [0.29, 0.717) is 18.2 Å². The Morgan fingerprint density at radius 2 is 1.79 bits per heavy atom. The van der Waals surface area contributed by atoms with Gasteiger partial charge in [-0.1, -0.05) is 0 Å². The summed E-state index contributed by atoms with van der Waals surface area (Å²) in [6.07, 6.45) is -8.52. The summed E-state index contributed by atoms with van der Waals surface area (Å²) < 4.78 is 103. The van der Waals surface area contributed by atoms with Crippen molar-refractivity contribution in [2.75, 3.05) is 13.3 Å². The lowest BCUT2D eigenvalue weighted by atomic mass is 9.86. The van der Waals surface area contributed by atoms with Gasteiger partial charge in [0, 0.05) is 30.0 Å². The maximum Gasteiger partial charge on any atom is 0.458 e. The topological polar surface area (TPSA) is 55.8 Å². The third kappa shape index (κ3) is 3.56. The van der Waals surface area contributed by atoms with Crippen molar-refractivity contribution >= 4 is 5.78 Å². The lowest BCUT2D eigenvalue weighted by Crippen LogP contribution is -2.57. The first-order valence-corrected chi connectivity index (χ1v) is 8.43. The zero-order chi connectivity index (χ0) is 21.6. The molecule has 1 N–H and O–H groups in total. The van der Waals surface area contributed by atoms with Gasteiger partial charge < -0.3 is 14.6 Å². The molecule has 0 spiro atoms.